The quantitative estimate of drug-likeness (QED) is 0.533. The molecule has 1 rings (SSSR count). The highest BCUT2D eigenvalue weighted by molar-refractivity contribution is 6.17. The molecule has 0 aliphatic carbocycles. The molecule has 1 N–H and O–H groups in total. The number of amides is 1. The number of halogens is 1. The van der Waals surface area contributed by atoms with E-state index >= 15 is 0 Å². The Morgan fingerprint density at radius 3 is 2.90 bits per heavy atom. The number of aryl methyl sites for hydroxylation is 1. The topological polar surface area (TPSA) is 47.6 Å². The minimum atomic E-state index is -0.00463. The van der Waals surface area contributed by atoms with Gasteiger partial charge in [0.1, 0.15) is 5.75 Å². The first-order chi connectivity index (χ1) is 9.72. The number of carbonyl (C=O) groups is 1. The Hall–Kier alpha value is -1.26. The van der Waals surface area contributed by atoms with Gasteiger partial charge in [-0.15, -0.1) is 11.6 Å². The molecule has 0 bridgehead atoms. The van der Waals surface area contributed by atoms with Crippen LogP contribution in [0.4, 0.5) is 0 Å². The average molecular weight is 300 g/mol. The molecule has 0 radical (unpaired) electrons. The second kappa shape index (κ2) is 10.5. The predicted molar refractivity (Wildman–Crippen MR) is 80.5 cm³/mol. The average Bonchev–Trinajstić information content (AvgIpc) is 2.43. The maximum atomic E-state index is 11.5. The zero-order valence-corrected chi connectivity index (χ0v) is 12.6. The monoisotopic (exact) mass is 299 g/mol. The standard InChI is InChI=1S/C15H22ClNO3/c1-13-4-2-5-14(12-13)20-10-6-15(18)17-8-3-9-19-11-7-16/h2,4-5,12H,3,6-11H2,1H3,(H,17,18). The molecule has 0 atom stereocenters. The van der Waals surface area contributed by atoms with E-state index in [0.29, 0.717) is 38.7 Å². The van der Waals surface area contributed by atoms with Crippen LogP contribution in [0.25, 0.3) is 0 Å². The molecule has 1 aromatic carbocycles. The molecule has 0 unspecified atom stereocenters. The molecule has 4 nitrogen and oxygen atoms in total. The third kappa shape index (κ3) is 8.02. The molecule has 1 aromatic rings. The van der Waals surface area contributed by atoms with E-state index in [9.17, 15) is 4.79 Å². The Kier molecular flexibility index (Phi) is 8.83. The normalized spacial score (nSPS) is 10.3. The molecular formula is C15H22ClNO3. The maximum Gasteiger partial charge on any atom is 0.223 e. The lowest BCUT2D eigenvalue weighted by Gasteiger charge is -2.08. The zero-order valence-electron chi connectivity index (χ0n) is 11.9. The van der Waals surface area contributed by atoms with Crippen molar-refractivity contribution in [1.82, 2.24) is 5.32 Å². The minimum absolute atomic E-state index is 0.00463. The van der Waals surface area contributed by atoms with Gasteiger partial charge in [-0.25, -0.2) is 0 Å². The van der Waals surface area contributed by atoms with Crippen LogP contribution in [0.2, 0.25) is 0 Å². The lowest BCUT2D eigenvalue weighted by molar-refractivity contribution is -0.121. The van der Waals surface area contributed by atoms with Gasteiger partial charge in [0.15, 0.2) is 0 Å². The number of benzene rings is 1. The van der Waals surface area contributed by atoms with E-state index in [2.05, 4.69) is 5.32 Å². The zero-order chi connectivity index (χ0) is 14.6. The van der Waals surface area contributed by atoms with E-state index in [-0.39, 0.29) is 5.91 Å². The van der Waals surface area contributed by atoms with Gasteiger partial charge in [0.2, 0.25) is 5.91 Å². The van der Waals surface area contributed by atoms with Crippen LogP contribution in [0.5, 0.6) is 5.75 Å². The summed E-state index contributed by atoms with van der Waals surface area (Å²) in [5.41, 5.74) is 1.14. The van der Waals surface area contributed by atoms with Gasteiger partial charge in [-0.3, -0.25) is 4.79 Å². The van der Waals surface area contributed by atoms with Gasteiger partial charge >= 0.3 is 0 Å². The van der Waals surface area contributed by atoms with Gasteiger partial charge < -0.3 is 14.8 Å². The molecule has 1 amide bonds. The van der Waals surface area contributed by atoms with Crippen molar-refractivity contribution in [3.8, 4) is 5.75 Å². The van der Waals surface area contributed by atoms with Crippen LogP contribution in [0.15, 0.2) is 24.3 Å². The maximum absolute atomic E-state index is 11.5. The Morgan fingerprint density at radius 2 is 2.15 bits per heavy atom. The van der Waals surface area contributed by atoms with Gasteiger partial charge in [-0.1, -0.05) is 12.1 Å². The number of ether oxygens (including phenoxy) is 2. The van der Waals surface area contributed by atoms with Gasteiger partial charge in [-0.2, -0.15) is 0 Å². The molecule has 0 aromatic heterocycles. The number of rotatable bonds is 10. The molecule has 20 heavy (non-hydrogen) atoms. The largest absolute Gasteiger partial charge is 0.493 e. The molecule has 0 fully saturated rings. The molecule has 5 heteroatoms. The summed E-state index contributed by atoms with van der Waals surface area (Å²) in [5.74, 6) is 1.30. The summed E-state index contributed by atoms with van der Waals surface area (Å²) in [6.45, 7) is 4.18. The molecule has 112 valence electrons. The first-order valence-electron chi connectivity index (χ1n) is 6.82. The highest BCUT2D eigenvalue weighted by Gasteiger charge is 2.01. The first kappa shape index (κ1) is 16.8. The number of nitrogens with one attached hydrogen (secondary N) is 1. The molecule has 0 aliphatic rings. The number of hydrogen-bond donors (Lipinski definition) is 1. The molecule has 0 saturated heterocycles. The van der Waals surface area contributed by atoms with E-state index in [4.69, 9.17) is 21.1 Å². The van der Waals surface area contributed by atoms with Crippen LogP contribution in [-0.2, 0) is 9.53 Å². The van der Waals surface area contributed by atoms with Crippen LogP contribution in [0.3, 0.4) is 0 Å². The lowest BCUT2D eigenvalue weighted by atomic mass is 10.2. The SMILES string of the molecule is Cc1cccc(OCCC(=O)NCCCOCCCl)c1. The smallest absolute Gasteiger partial charge is 0.223 e. The van der Waals surface area contributed by atoms with Gasteiger partial charge in [-0.05, 0) is 31.0 Å². The second-order valence-corrected chi connectivity index (χ2v) is 4.80. The second-order valence-electron chi connectivity index (χ2n) is 4.42. The number of hydrogen-bond acceptors (Lipinski definition) is 3. The molecule has 0 heterocycles. The van der Waals surface area contributed by atoms with E-state index < -0.39 is 0 Å². The summed E-state index contributed by atoms with van der Waals surface area (Å²) < 4.78 is 10.7. The van der Waals surface area contributed by atoms with E-state index in [1.165, 1.54) is 0 Å². The van der Waals surface area contributed by atoms with Crippen LogP contribution < -0.4 is 10.1 Å². The molecule has 0 saturated carbocycles. The van der Waals surface area contributed by atoms with Crippen LogP contribution in [0.1, 0.15) is 18.4 Å². The van der Waals surface area contributed by atoms with E-state index in [0.717, 1.165) is 17.7 Å². The van der Waals surface area contributed by atoms with Crippen molar-refractivity contribution in [3.63, 3.8) is 0 Å². The lowest BCUT2D eigenvalue weighted by Crippen LogP contribution is -2.26. The Balaban J connectivity index is 2.03. The van der Waals surface area contributed by atoms with Crippen molar-refractivity contribution in [2.24, 2.45) is 0 Å². The van der Waals surface area contributed by atoms with Crippen LogP contribution in [-0.4, -0.2) is 38.2 Å². The summed E-state index contributed by atoms with van der Waals surface area (Å²) in [6.07, 6.45) is 1.15. The van der Waals surface area contributed by atoms with Crippen molar-refractivity contribution in [1.29, 1.82) is 0 Å². The highest BCUT2D eigenvalue weighted by Crippen LogP contribution is 2.12. The van der Waals surface area contributed by atoms with Gasteiger partial charge in [0.25, 0.3) is 0 Å². The predicted octanol–water partition coefficient (Wildman–Crippen LogP) is 2.53. The Bertz CT molecular complexity index is 398. The van der Waals surface area contributed by atoms with Crippen LogP contribution in [0, 0.1) is 6.92 Å². The molecule has 0 aliphatic heterocycles. The first-order valence-corrected chi connectivity index (χ1v) is 7.35. The third-order valence-corrected chi connectivity index (χ3v) is 2.75. The fraction of sp³-hybridized carbons (Fsp3) is 0.533. The highest BCUT2D eigenvalue weighted by atomic mass is 35.5. The summed E-state index contributed by atoms with van der Waals surface area (Å²) >= 11 is 5.47. The fourth-order valence-electron chi connectivity index (χ4n) is 1.61. The number of alkyl halides is 1. The minimum Gasteiger partial charge on any atom is -0.493 e. The summed E-state index contributed by atoms with van der Waals surface area (Å²) in [7, 11) is 0. The summed E-state index contributed by atoms with van der Waals surface area (Å²) in [5, 5.41) is 2.83. The molecule has 0 spiro atoms. The van der Waals surface area contributed by atoms with E-state index in [1.807, 2.05) is 31.2 Å². The van der Waals surface area contributed by atoms with Crippen molar-refractivity contribution in [2.75, 3.05) is 32.2 Å². The third-order valence-electron chi connectivity index (χ3n) is 2.60. The van der Waals surface area contributed by atoms with Crippen molar-refractivity contribution >= 4 is 17.5 Å². The van der Waals surface area contributed by atoms with Gasteiger partial charge in [0.05, 0.1) is 19.6 Å². The van der Waals surface area contributed by atoms with Crippen molar-refractivity contribution in [2.45, 2.75) is 19.8 Å². The van der Waals surface area contributed by atoms with E-state index in [1.54, 1.807) is 0 Å². The van der Waals surface area contributed by atoms with Crippen molar-refractivity contribution < 1.29 is 14.3 Å². The molecular weight excluding hydrogens is 278 g/mol. The number of carbonyl (C=O) groups excluding carboxylic acids is 1. The fourth-order valence-corrected chi connectivity index (χ4v) is 1.72. The Morgan fingerprint density at radius 1 is 1.30 bits per heavy atom. The van der Waals surface area contributed by atoms with Gasteiger partial charge in [0, 0.05) is 19.0 Å². The Labute approximate surface area is 125 Å². The van der Waals surface area contributed by atoms with Crippen molar-refractivity contribution in [3.05, 3.63) is 29.8 Å². The van der Waals surface area contributed by atoms with Crippen LogP contribution >= 0.6 is 11.6 Å². The summed E-state index contributed by atoms with van der Waals surface area (Å²) in [6, 6.07) is 7.78. The summed E-state index contributed by atoms with van der Waals surface area (Å²) in [4.78, 5) is 11.5.